The van der Waals surface area contributed by atoms with Gasteiger partial charge in [-0.2, -0.15) is 0 Å². The van der Waals surface area contributed by atoms with Crippen molar-refractivity contribution in [3.63, 3.8) is 0 Å². The van der Waals surface area contributed by atoms with Gasteiger partial charge >= 0.3 is 0 Å². The number of anilines is 3. The predicted octanol–water partition coefficient (Wildman–Crippen LogP) is 14.6. The smallest absolute Gasteiger partial charge is 0.143 e. The third-order valence-corrected chi connectivity index (χ3v) is 11.6. The van der Waals surface area contributed by atoms with E-state index in [0.717, 1.165) is 44.4 Å². The molecule has 0 spiro atoms. The van der Waals surface area contributed by atoms with Crippen molar-refractivity contribution < 1.29 is 4.42 Å². The van der Waals surface area contributed by atoms with E-state index in [4.69, 9.17) is 4.42 Å². The van der Waals surface area contributed by atoms with Gasteiger partial charge in [0, 0.05) is 31.9 Å². The van der Waals surface area contributed by atoms with Crippen molar-refractivity contribution in [2.75, 3.05) is 4.90 Å². The highest BCUT2D eigenvalue weighted by Crippen LogP contribution is 2.48. The first-order valence-corrected chi connectivity index (χ1v) is 18.2. The number of furan rings is 1. The summed E-state index contributed by atoms with van der Waals surface area (Å²) in [6.45, 7) is 0. The Morgan fingerprint density at radius 1 is 0.412 bits per heavy atom. The molecule has 0 unspecified atom stereocenters. The summed E-state index contributed by atoms with van der Waals surface area (Å²) < 4.78 is 9.23. The molecule has 0 aliphatic carbocycles. The lowest BCUT2D eigenvalue weighted by Gasteiger charge is -2.27. The molecule has 238 valence electrons. The van der Waals surface area contributed by atoms with E-state index in [2.05, 4.69) is 181 Å². The van der Waals surface area contributed by atoms with E-state index in [1.165, 1.54) is 58.2 Å². The molecule has 2 aromatic heterocycles. The Morgan fingerprint density at radius 3 is 1.92 bits per heavy atom. The predicted molar refractivity (Wildman–Crippen MR) is 219 cm³/mol. The molecule has 0 bridgehead atoms. The molecule has 0 saturated heterocycles. The summed E-state index contributed by atoms with van der Waals surface area (Å²) in [4.78, 5) is 2.43. The van der Waals surface area contributed by atoms with Crippen LogP contribution >= 0.6 is 11.3 Å². The molecule has 11 aromatic rings. The second-order valence-corrected chi connectivity index (χ2v) is 14.3. The monoisotopic (exact) mass is 667 g/mol. The van der Waals surface area contributed by atoms with Crippen LogP contribution in [-0.4, -0.2) is 0 Å². The van der Waals surface area contributed by atoms with Crippen molar-refractivity contribution >= 4 is 103 Å². The largest absolute Gasteiger partial charge is 0.455 e. The van der Waals surface area contributed by atoms with Crippen LogP contribution in [0.4, 0.5) is 17.1 Å². The molecule has 0 fully saturated rings. The summed E-state index contributed by atoms with van der Waals surface area (Å²) in [7, 11) is 0. The van der Waals surface area contributed by atoms with Crippen LogP contribution in [0, 0.1) is 0 Å². The number of benzene rings is 9. The average molecular weight is 668 g/mol. The van der Waals surface area contributed by atoms with Crippen LogP contribution in [0.1, 0.15) is 0 Å². The number of nitrogens with zero attached hydrogens (tertiary/aromatic N) is 1. The van der Waals surface area contributed by atoms with Crippen LogP contribution in [0.5, 0.6) is 0 Å². The van der Waals surface area contributed by atoms with Crippen LogP contribution < -0.4 is 4.90 Å². The minimum absolute atomic E-state index is 0.882. The maximum absolute atomic E-state index is 6.68. The molecular weight excluding hydrogens is 639 g/mol. The van der Waals surface area contributed by atoms with E-state index >= 15 is 0 Å². The topological polar surface area (TPSA) is 16.4 Å². The Labute approximate surface area is 298 Å². The minimum atomic E-state index is 0.882. The second-order valence-electron chi connectivity index (χ2n) is 13.3. The summed E-state index contributed by atoms with van der Waals surface area (Å²) in [6, 6.07) is 63.8. The van der Waals surface area contributed by atoms with Gasteiger partial charge in [-0.1, -0.05) is 127 Å². The standard InChI is InChI=1S/C48H29NOS/c1-3-11-36-31(9-1)19-20-34-29-33(24-27-37(34)36)30-21-25-35(26-22-30)49(43-16-7-14-40-39-13-5-6-18-45(39)51-48(40)43)42-15-8-17-44-46(42)41-28-23-32-10-2-4-12-38(32)47(41)50-44/h1-29H. The summed E-state index contributed by atoms with van der Waals surface area (Å²) in [5.74, 6) is 0. The van der Waals surface area contributed by atoms with Crippen molar-refractivity contribution in [3.05, 3.63) is 176 Å². The van der Waals surface area contributed by atoms with E-state index in [9.17, 15) is 0 Å². The SMILES string of the molecule is c1ccc2c(c1)ccc1cc(-c3ccc(N(c4cccc5c4sc4ccccc45)c4cccc5oc6c7ccccc7ccc6c45)cc3)ccc12. The Hall–Kier alpha value is -6.42. The summed E-state index contributed by atoms with van der Waals surface area (Å²) in [5.41, 5.74) is 7.55. The van der Waals surface area contributed by atoms with Crippen LogP contribution in [0.15, 0.2) is 180 Å². The first kappa shape index (κ1) is 28.4. The molecule has 0 N–H and O–H groups in total. The van der Waals surface area contributed by atoms with Crippen molar-refractivity contribution in [1.82, 2.24) is 0 Å². The Balaban J connectivity index is 1.13. The molecule has 0 radical (unpaired) electrons. The van der Waals surface area contributed by atoms with Gasteiger partial charge in [-0.05, 0) is 86.6 Å². The maximum Gasteiger partial charge on any atom is 0.143 e. The van der Waals surface area contributed by atoms with Gasteiger partial charge in [0.2, 0.25) is 0 Å². The quantitative estimate of drug-likeness (QED) is 0.174. The fraction of sp³-hybridized carbons (Fsp3) is 0. The molecule has 0 aliphatic heterocycles. The van der Waals surface area contributed by atoms with Gasteiger partial charge in [0.15, 0.2) is 0 Å². The normalized spacial score (nSPS) is 11.9. The molecule has 11 rings (SSSR count). The zero-order valence-corrected chi connectivity index (χ0v) is 28.3. The third-order valence-electron chi connectivity index (χ3n) is 10.4. The van der Waals surface area contributed by atoms with Crippen LogP contribution in [-0.2, 0) is 0 Å². The van der Waals surface area contributed by atoms with Gasteiger partial charge in [0.05, 0.1) is 21.5 Å². The Kier molecular flexibility index (Phi) is 6.16. The van der Waals surface area contributed by atoms with Crippen molar-refractivity contribution in [2.24, 2.45) is 0 Å². The first-order valence-electron chi connectivity index (χ1n) is 17.3. The lowest BCUT2D eigenvalue weighted by Crippen LogP contribution is -2.10. The molecular formula is C48H29NOS. The highest BCUT2D eigenvalue weighted by Gasteiger charge is 2.23. The number of thiophene rings is 1. The van der Waals surface area contributed by atoms with Crippen molar-refractivity contribution in [1.29, 1.82) is 0 Å². The van der Waals surface area contributed by atoms with E-state index < -0.39 is 0 Å². The van der Waals surface area contributed by atoms with E-state index in [1.54, 1.807) is 0 Å². The van der Waals surface area contributed by atoms with Crippen LogP contribution in [0.3, 0.4) is 0 Å². The van der Waals surface area contributed by atoms with Crippen molar-refractivity contribution in [3.8, 4) is 11.1 Å². The van der Waals surface area contributed by atoms with Gasteiger partial charge in [-0.15, -0.1) is 11.3 Å². The number of hydrogen-bond donors (Lipinski definition) is 0. The third kappa shape index (κ3) is 4.35. The van der Waals surface area contributed by atoms with E-state index in [-0.39, 0.29) is 0 Å². The molecule has 51 heavy (non-hydrogen) atoms. The molecule has 0 aliphatic rings. The fourth-order valence-electron chi connectivity index (χ4n) is 8.03. The number of hydrogen-bond acceptors (Lipinski definition) is 3. The second kappa shape index (κ2) is 11.0. The van der Waals surface area contributed by atoms with Crippen molar-refractivity contribution in [2.45, 2.75) is 0 Å². The highest BCUT2D eigenvalue weighted by atomic mass is 32.1. The summed E-state index contributed by atoms with van der Waals surface area (Å²) >= 11 is 1.86. The average Bonchev–Trinajstić information content (AvgIpc) is 3.78. The molecule has 3 heteroatoms. The van der Waals surface area contributed by atoms with E-state index in [1.807, 2.05) is 11.3 Å². The van der Waals surface area contributed by atoms with E-state index in [0.29, 0.717) is 0 Å². The zero-order chi connectivity index (χ0) is 33.5. The Morgan fingerprint density at radius 2 is 1.04 bits per heavy atom. The molecule has 0 atom stereocenters. The van der Waals surface area contributed by atoms with Gasteiger partial charge in [-0.25, -0.2) is 0 Å². The van der Waals surface area contributed by atoms with Gasteiger partial charge < -0.3 is 9.32 Å². The van der Waals surface area contributed by atoms with Crippen LogP contribution in [0.2, 0.25) is 0 Å². The molecule has 0 saturated carbocycles. The molecule has 0 amide bonds. The maximum atomic E-state index is 6.68. The molecule has 9 aromatic carbocycles. The fourth-order valence-corrected chi connectivity index (χ4v) is 9.24. The summed E-state index contributed by atoms with van der Waals surface area (Å²) in [6.07, 6.45) is 0. The van der Waals surface area contributed by atoms with Gasteiger partial charge in [-0.3, -0.25) is 0 Å². The molecule has 2 heterocycles. The number of fused-ring (bicyclic) bond motifs is 11. The lowest BCUT2D eigenvalue weighted by molar-refractivity contribution is 0.672. The minimum Gasteiger partial charge on any atom is -0.455 e. The zero-order valence-electron chi connectivity index (χ0n) is 27.5. The van der Waals surface area contributed by atoms with Gasteiger partial charge in [0.1, 0.15) is 11.2 Å². The van der Waals surface area contributed by atoms with Crippen LogP contribution in [0.25, 0.3) is 85.6 Å². The highest BCUT2D eigenvalue weighted by molar-refractivity contribution is 7.26. The Bertz CT molecular complexity index is 3150. The first-order chi connectivity index (χ1) is 25.3. The summed E-state index contributed by atoms with van der Waals surface area (Å²) in [5, 5.41) is 12.2. The lowest BCUT2D eigenvalue weighted by atomic mass is 9.97. The molecule has 2 nitrogen and oxygen atoms in total. The van der Waals surface area contributed by atoms with Gasteiger partial charge in [0.25, 0.3) is 0 Å². The number of rotatable bonds is 4.